The number of phosphoric ester groups is 1. The molecule has 0 atom stereocenters. The minimum absolute atomic E-state index is 0.222. The molecule has 0 amide bonds. The minimum Gasteiger partial charge on any atom is -0.481 e. The summed E-state index contributed by atoms with van der Waals surface area (Å²) in [5.74, 6) is -0.745. The van der Waals surface area contributed by atoms with Crippen molar-refractivity contribution >= 4 is 13.8 Å². The van der Waals surface area contributed by atoms with Crippen LogP contribution in [0.2, 0.25) is 0 Å². The second kappa shape index (κ2) is 6.30. The Morgan fingerprint density at radius 1 is 1.55 bits per heavy atom. The molecule has 0 aromatic heterocycles. The fourth-order valence-electron chi connectivity index (χ4n) is 0. The number of carboxylic acids is 1. The zero-order chi connectivity index (χ0) is 9.49. The molecule has 0 saturated carbocycles. The van der Waals surface area contributed by atoms with Crippen LogP contribution in [0.25, 0.3) is 0 Å². The molecule has 0 saturated heterocycles. The van der Waals surface area contributed by atoms with Gasteiger partial charge in [0.05, 0.1) is 0 Å². The van der Waals surface area contributed by atoms with Gasteiger partial charge in [-0.1, -0.05) is 6.92 Å². The third kappa shape index (κ3) is 26.2. The van der Waals surface area contributed by atoms with Crippen molar-refractivity contribution in [2.24, 2.45) is 0 Å². The topological polar surface area (TPSA) is 104 Å². The monoisotopic (exact) mass is 186 g/mol. The molecule has 11 heavy (non-hydrogen) atoms. The van der Waals surface area contributed by atoms with Crippen LogP contribution < -0.4 is 0 Å². The molecular weight excluding hydrogens is 175 g/mol. The normalized spacial score (nSPS) is 9.82. The molecule has 0 radical (unpaired) electrons. The van der Waals surface area contributed by atoms with Crippen LogP contribution in [0.5, 0.6) is 0 Å². The molecule has 68 valence electrons. The summed E-state index contributed by atoms with van der Waals surface area (Å²) < 4.78 is 13.1. The highest BCUT2D eigenvalue weighted by Crippen LogP contribution is 2.33. The maximum absolute atomic E-state index is 9.47. The Morgan fingerprint density at radius 3 is 1.73 bits per heavy atom. The number of phosphoric acid groups is 1. The van der Waals surface area contributed by atoms with Gasteiger partial charge < -0.3 is 14.9 Å². The van der Waals surface area contributed by atoms with Gasteiger partial charge in [-0.3, -0.25) is 9.32 Å². The predicted molar refractivity (Wildman–Crippen MR) is 37.0 cm³/mol. The number of aliphatic carboxylic acids is 1. The van der Waals surface area contributed by atoms with E-state index in [4.69, 9.17) is 14.9 Å². The summed E-state index contributed by atoms with van der Waals surface area (Å²) in [5.41, 5.74) is 0. The van der Waals surface area contributed by atoms with Crippen LogP contribution in [0.15, 0.2) is 0 Å². The molecule has 0 aliphatic carbocycles. The van der Waals surface area contributed by atoms with Crippen LogP contribution in [0.4, 0.5) is 0 Å². The van der Waals surface area contributed by atoms with E-state index in [2.05, 4.69) is 4.52 Å². The Bertz CT molecular complexity index is 149. The van der Waals surface area contributed by atoms with E-state index in [0.717, 1.165) is 7.11 Å². The first-order valence-electron chi connectivity index (χ1n) is 2.66. The molecular formula is C4H11O6P. The van der Waals surface area contributed by atoms with E-state index in [9.17, 15) is 9.36 Å². The van der Waals surface area contributed by atoms with E-state index in [1.54, 1.807) is 6.92 Å². The van der Waals surface area contributed by atoms with Crippen LogP contribution in [-0.2, 0) is 13.9 Å². The van der Waals surface area contributed by atoms with Crippen molar-refractivity contribution in [3.05, 3.63) is 0 Å². The molecule has 0 aliphatic heterocycles. The molecule has 7 heteroatoms. The van der Waals surface area contributed by atoms with Crippen molar-refractivity contribution < 1.29 is 28.8 Å². The van der Waals surface area contributed by atoms with E-state index in [-0.39, 0.29) is 6.42 Å². The Kier molecular flexibility index (Phi) is 7.55. The molecule has 3 N–H and O–H groups in total. The maximum atomic E-state index is 9.47. The van der Waals surface area contributed by atoms with Crippen molar-refractivity contribution in [2.45, 2.75) is 13.3 Å². The van der Waals surface area contributed by atoms with E-state index >= 15 is 0 Å². The molecule has 0 fully saturated rings. The first kappa shape index (κ1) is 13.2. The third-order valence-electron chi connectivity index (χ3n) is 0.540. The third-order valence-corrected chi connectivity index (χ3v) is 1.02. The summed E-state index contributed by atoms with van der Waals surface area (Å²) >= 11 is 0. The lowest BCUT2D eigenvalue weighted by molar-refractivity contribution is -0.136. The molecule has 0 spiro atoms. The zero-order valence-electron chi connectivity index (χ0n) is 6.22. The van der Waals surface area contributed by atoms with Crippen LogP contribution in [0, 0.1) is 0 Å². The minimum atomic E-state index is -4.15. The highest BCUT2D eigenvalue weighted by atomic mass is 31.2. The van der Waals surface area contributed by atoms with Crippen molar-refractivity contribution in [1.29, 1.82) is 0 Å². The lowest BCUT2D eigenvalue weighted by Crippen LogP contribution is -1.86. The van der Waals surface area contributed by atoms with E-state index in [0.29, 0.717) is 0 Å². The Balaban J connectivity index is 0. The molecule has 0 rings (SSSR count). The average molecular weight is 186 g/mol. The Hall–Kier alpha value is -0.420. The Morgan fingerprint density at radius 2 is 1.73 bits per heavy atom. The van der Waals surface area contributed by atoms with E-state index in [1.807, 2.05) is 0 Å². The maximum Gasteiger partial charge on any atom is 0.469 e. The molecule has 0 aromatic rings. The van der Waals surface area contributed by atoms with Crippen molar-refractivity contribution in [3.63, 3.8) is 0 Å². The lowest BCUT2D eigenvalue weighted by atomic mass is 10.5. The Labute approximate surface area is 64.0 Å². The second-order valence-corrected chi connectivity index (χ2v) is 2.77. The van der Waals surface area contributed by atoms with Gasteiger partial charge in [-0.15, -0.1) is 0 Å². The molecule has 6 nitrogen and oxygen atoms in total. The largest absolute Gasteiger partial charge is 0.481 e. The quantitative estimate of drug-likeness (QED) is 0.532. The standard InChI is InChI=1S/C3H6O2.CH5O4P/c1-2-3(4)5;1-5-6(2,3)4/h2H2,1H3,(H,4,5);1H3,(H2,2,3,4). The highest BCUT2D eigenvalue weighted by Gasteiger charge is 2.07. The number of rotatable bonds is 2. The predicted octanol–water partition coefficient (Wildman–Crippen LogP) is 0.207. The number of carbonyl (C=O) groups is 1. The van der Waals surface area contributed by atoms with Gasteiger partial charge in [0.15, 0.2) is 0 Å². The van der Waals surface area contributed by atoms with Crippen LogP contribution in [0.1, 0.15) is 13.3 Å². The summed E-state index contributed by atoms with van der Waals surface area (Å²) in [7, 11) is -3.20. The first-order valence-corrected chi connectivity index (χ1v) is 4.19. The van der Waals surface area contributed by atoms with Gasteiger partial charge in [0, 0.05) is 13.5 Å². The van der Waals surface area contributed by atoms with Crippen molar-refractivity contribution in [2.75, 3.05) is 7.11 Å². The molecule has 0 heterocycles. The van der Waals surface area contributed by atoms with E-state index in [1.165, 1.54) is 0 Å². The fraction of sp³-hybridized carbons (Fsp3) is 0.750. The molecule has 0 unspecified atom stereocenters. The van der Waals surface area contributed by atoms with Gasteiger partial charge in [-0.2, -0.15) is 0 Å². The fourth-order valence-corrected chi connectivity index (χ4v) is 0. The summed E-state index contributed by atoms with van der Waals surface area (Å²) in [6.07, 6.45) is 0.222. The summed E-state index contributed by atoms with van der Waals surface area (Å²) in [4.78, 5) is 24.8. The summed E-state index contributed by atoms with van der Waals surface area (Å²) in [5, 5.41) is 7.72. The zero-order valence-corrected chi connectivity index (χ0v) is 7.12. The van der Waals surface area contributed by atoms with Gasteiger partial charge in [-0.05, 0) is 0 Å². The molecule has 0 aromatic carbocycles. The molecule has 0 bridgehead atoms. The lowest BCUT2D eigenvalue weighted by Gasteiger charge is -1.93. The van der Waals surface area contributed by atoms with Crippen LogP contribution in [-0.4, -0.2) is 28.0 Å². The first-order chi connectivity index (χ1) is 4.83. The van der Waals surface area contributed by atoms with Gasteiger partial charge in [0.25, 0.3) is 0 Å². The second-order valence-electron chi connectivity index (χ2n) is 1.42. The van der Waals surface area contributed by atoms with Crippen molar-refractivity contribution in [3.8, 4) is 0 Å². The number of hydrogen-bond donors (Lipinski definition) is 3. The number of hydrogen-bond acceptors (Lipinski definition) is 3. The number of carboxylic acid groups (broad SMARTS) is 1. The smallest absolute Gasteiger partial charge is 0.469 e. The van der Waals surface area contributed by atoms with Gasteiger partial charge >= 0.3 is 13.8 Å². The van der Waals surface area contributed by atoms with E-state index < -0.39 is 13.8 Å². The summed E-state index contributed by atoms with van der Waals surface area (Å²) in [6, 6.07) is 0. The highest BCUT2D eigenvalue weighted by molar-refractivity contribution is 7.46. The van der Waals surface area contributed by atoms with Gasteiger partial charge in [0.1, 0.15) is 0 Å². The van der Waals surface area contributed by atoms with Gasteiger partial charge in [-0.25, -0.2) is 4.57 Å². The van der Waals surface area contributed by atoms with Crippen molar-refractivity contribution in [1.82, 2.24) is 0 Å². The summed E-state index contributed by atoms with van der Waals surface area (Å²) in [6.45, 7) is 1.60. The SMILES string of the molecule is CCC(=O)O.COP(=O)(O)O. The molecule has 0 aliphatic rings. The van der Waals surface area contributed by atoms with Crippen LogP contribution >= 0.6 is 7.82 Å². The van der Waals surface area contributed by atoms with Crippen LogP contribution in [0.3, 0.4) is 0 Å². The van der Waals surface area contributed by atoms with Gasteiger partial charge in [0.2, 0.25) is 0 Å². The average Bonchev–Trinajstić information content (AvgIpc) is 1.88.